The van der Waals surface area contributed by atoms with Gasteiger partial charge in [-0.2, -0.15) is 5.10 Å². The summed E-state index contributed by atoms with van der Waals surface area (Å²) in [5.74, 6) is 0.597. The summed E-state index contributed by atoms with van der Waals surface area (Å²) in [4.78, 5) is 4.51. The molecule has 0 saturated carbocycles. The summed E-state index contributed by atoms with van der Waals surface area (Å²) in [6, 6.07) is 16.2. The molecule has 0 spiro atoms. The number of para-hydroxylation sites is 2. The Morgan fingerprint density at radius 3 is 2.65 bits per heavy atom. The van der Waals surface area contributed by atoms with Crippen molar-refractivity contribution in [3.05, 3.63) is 66.5 Å². The fourth-order valence-electron chi connectivity index (χ4n) is 2.67. The molecule has 0 saturated heterocycles. The van der Waals surface area contributed by atoms with E-state index in [1.807, 2.05) is 35.1 Å². The zero-order valence-corrected chi connectivity index (χ0v) is 12.9. The Labute approximate surface area is 134 Å². The lowest BCUT2D eigenvalue weighted by Crippen LogP contribution is -1.94. The Morgan fingerprint density at radius 2 is 1.87 bits per heavy atom. The molecule has 23 heavy (non-hydrogen) atoms. The lowest BCUT2D eigenvalue weighted by molar-refractivity contribution is 0.620. The van der Waals surface area contributed by atoms with E-state index in [2.05, 4.69) is 41.3 Å². The average Bonchev–Trinajstić information content (AvgIpc) is 3.22. The third-order valence-corrected chi connectivity index (χ3v) is 3.86. The standard InChI is InChI=1S/C19H17N3O/c1-2-5-14-8-10-16(11-9-14)22-13-15(12-20-22)19-21-17-6-3-4-7-18(17)23-19/h3-4,6-13H,2,5H2,1H3. The molecule has 0 N–H and O–H groups in total. The molecular formula is C19H17N3O. The first kappa shape index (κ1) is 13.8. The minimum Gasteiger partial charge on any atom is -0.436 e. The molecule has 0 aliphatic rings. The molecule has 0 aliphatic heterocycles. The maximum atomic E-state index is 5.79. The van der Waals surface area contributed by atoms with E-state index in [1.54, 1.807) is 6.20 Å². The van der Waals surface area contributed by atoms with Crippen molar-refractivity contribution in [2.75, 3.05) is 0 Å². The van der Waals surface area contributed by atoms with E-state index in [4.69, 9.17) is 4.42 Å². The van der Waals surface area contributed by atoms with Crippen LogP contribution in [0.3, 0.4) is 0 Å². The monoisotopic (exact) mass is 303 g/mol. The van der Waals surface area contributed by atoms with Crippen LogP contribution in [0.4, 0.5) is 0 Å². The molecule has 4 heteroatoms. The van der Waals surface area contributed by atoms with Crippen molar-refractivity contribution in [3.8, 4) is 17.1 Å². The van der Waals surface area contributed by atoms with Crippen molar-refractivity contribution in [2.45, 2.75) is 19.8 Å². The molecule has 2 aromatic heterocycles. The second-order valence-electron chi connectivity index (χ2n) is 5.58. The molecule has 114 valence electrons. The third kappa shape index (κ3) is 2.63. The maximum absolute atomic E-state index is 5.79. The van der Waals surface area contributed by atoms with Gasteiger partial charge in [0.15, 0.2) is 5.58 Å². The molecule has 0 amide bonds. The van der Waals surface area contributed by atoms with Crippen molar-refractivity contribution in [1.29, 1.82) is 0 Å². The Hall–Kier alpha value is -2.88. The van der Waals surface area contributed by atoms with E-state index < -0.39 is 0 Å². The summed E-state index contributed by atoms with van der Waals surface area (Å²) in [5, 5.41) is 4.43. The predicted octanol–water partition coefficient (Wildman–Crippen LogP) is 4.63. The van der Waals surface area contributed by atoms with Crippen molar-refractivity contribution in [2.24, 2.45) is 0 Å². The van der Waals surface area contributed by atoms with Gasteiger partial charge in [0.2, 0.25) is 5.89 Å². The summed E-state index contributed by atoms with van der Waals surface area (Å²) in [6.45, 7) is 2.19. The zero-order valence-electron chi connectivity index (χ0n) is 12.9. The molecule has 0 fully saturated rings. The number of hydrogen-bond donors (Lipinski definition) is 0. The topological polar surface area (TPSA) is 43.9 Å². The van der Waals surface area contributed by atoms with Crippen LogP contribution in [0.2, 0.25) is 0 Å². The van der Waals surface area contributed by atoms with Gasteiger partial charge in [-0.25, -0.2) is 9.67 Å². The van der Waals surface area contributed by atoms with E-state index in [1.165, 1.54) is 5.56 Å². The quantitative estimate of drug-likeness (QED) is 0.552. The Kier molecular flexibility index (Phi) is 3.42. The number of benzene rings is 2. The van der Waals surface area contributed by atoms with E-state index >= 15 is 0 Å². The van der Waals surface area contributed by atoms with Gasteiger partial charge < -0.3 is 4.42 Å². The number of nitrogens with zero attached hydrogens (tertiary/aromatic N) is 3. The number of aryl methyl sites for hydroxylation is 1. The van der Waals surface area contributed by atoms with Crippen molar-refractivity contribution in [3.63, 3.8) is 0 Å². The highest BCUT2D eigenvalue weighted by atomic mass is 16.3. The van der Waals surface area contributed by atoms with Gasteiger partial charge >= 0.3 is 0 Å². The highest BCUT2D eigenvalue weighted by Crippen LogP contribution is 2.24. The molecule has 4 nitrogen and oxygen atoms in total. The summed E-state index contributed by atoms with van der Waals surface area (Å²) >= 11 is 0. The summed E-state index contributed by atoms with van der Waals surface area (Å²) < 4.78 is 7.64. The van der Waals surface area contributed by atoms with Crippen molar-refractivity contribution < 1.29 is 4.42 Å². The first-order valence-corrected chi connectivity index (χ1v) is 7.83. The number of aromatic nitrogens is 3. The van der Waals surface area contributed by atoms with E-state index in [9.17, 15) is 0 Å². The van der Waals surface area contributed by atoms with Crippen LogP contribution in [0.15, 0.2) is 65.3 Å². The first-order chi connectivity index (χ1) is 11.3. The smallest absolute Gasteiger partial charge is 0.230 e. The molecule has 0 bridgehead atoms. The molecule has 2 aromatic carbocycles. The fourth-order valence-corrected chi connectivity index (χ4v) is 2.67. The van der Waals surface area contributed by atoms with Gasteiger partial charge in [-0.3, -0.25) is 0 Å². The first-order valence-electron chi connectivity index (χ1n) is 7.83. The van der Waals surface area contributed by atoms with Gasteiger partial charge in [0, 0.05) is 6.20 Å². The van der Waals surface area contributed by atoms with Crippen LogP contribution >= 0.6 is 0 Å². The highest BCUT2D eigenvalue weighted by molar-refractivity contribution is 5.75. The van der Waals surface area contributed by atoms with E-state index in [0.29, 0.717) is 5.89 Å². The van der Waals surface area contributed by atoms with Crippen LogP contribution in [0.5, 0.6) is 0 Å². The van der Waals surface area contributed by atoms with Crippen LogP contribution in [0.1, 0.15) is 18.9 Å². The number of hydrogen-bond acceptors (Lipinski definition) is 3. The van der Waals surface area contributed by atoms with Crippen LogP contribution in [0.25, 0.3) is 28.2 Å². The maximum Gasteiger partial charge on any atom is 0.230 e. The molecule has 0 atom stereocenters. The largest absolute Gasteiger partial charge is 0.436 e. The van der Waals surface area contributed by atoms with Gasteiger partial charge in [-0.1, -0.05) is 37.6 Å². The van der Waals surface area contributed by atoms with Crippen molar-refractivity contribution in [1.82, 2.24) is 14.8 Å². The molecule has 4 aromatic rings. The second-order valence-corrected chi connectivity index (χ2v) is 5.58. The third-order valence-electron chi connectivity index (χ3n) is 3.86. The van der Waals surface area contributed by atoms with Gasteiger partial charge in [-0.15, -0.1) is 0 Å². The SMILES string of the molecule is CCCc1ccc(-n2cc(-c3nc4ccccc4o3)cn2)cc1. The Morgan fingerprint density at radius 1 is 1.04 bits per heavy atom. The molecule has 4 rings (SSSR count). The molecule has 0 radical (unpaired) electrons. The molecule has 2 heterocycles. The molecular weight excluding hydrogens is 286 g/mol. The van der Waals surface area contributed by atoms with E-state index in [-0.39, 0.29) is 0 Å². The van der Waals surface area contributed by atoms with Gasteiger partial charge in [0.1, 0.15) is 5.52 Å². The number of oxazole rings is 1. The van der Waals surface area contributed by atoms with Gasteiger partial charge in [0.25, 0.3) is 0 Å². The number of rotatable bonds is 4. The molecule has 0 unspecified atom stereocenters. The van der Waals surface area contributed by atoms with Crippen LogP contribution in [-0.2, 0) is 6.42 Å². The summed E-state index contributed by atoms with van der Waals surface area (Å²) in [5.41, 5.74) is 4.91. The Bertz CT molecular complexity index is 902. The van der Waals surface area contributed by atoms with Crippen LogP contribution in [-0.4, -0.2) is 14.8 Å². The van der Waals surface area contributed by atoms with Crippen LogP contribution in [0, 0.1) is 0 Å². The average molecular weight is 303 g/mol. The summed E-state index contributed by atoms with van der Waals surface area (Å²) in [6.07, 6.45) is 5.99. The normalized spacial score (nSPS) is 11.2. The summed E-state index contributed by atoms with van der Waals surface area (Å²) in [7, 11) is 0. The van der Waals surface area contributed by atoms with E-state index in [0.717, 1.165) is 35.2 Å². The fraction of sp³-hybridized carbons (Fsp3) is 0.158. The van der Waals surface area contributed by atoms with Gasteiger partial charge in [0.05, 0.1) is 17.4 Å². The van der Waals surface area contributed by atoms with Crippen LogP contribution < -0.4 is 0 Å². The highest BCUT2D eigenvalue weighted by Gasteiger charge is 2.10. The Balaban J connectivity index is 1.65. The lowest BCUT2D eigenvalue weighted by atomic mass is 10.1. The minimum atomic E-state index is 0.597. The number of fused-ring (bicyclic) bond motifs is 1. The molecule has 0 aliphatic carbocycles. The predicted molar refractivity (Wildman–Crippen MR) is 90.6 cm³/mol. The minimum absolute atomic E-state index is 0.597. The second kappa shape index (κ2) is 5.72. The van der Waals surface area contributed by atoms with Gasteiger partial charge in [-0.05, 0) is 36.2 Å². The zero-order chi connectivity index (χ0) is 15.6. The lowest BCUT2D eigenvalue weighted by Gasteiger charge is -2.03. The van der Waals surface area contributed by atoms with Crippen molar-refractivity contribution >= 4 is 11.1 Å².